The highest BCUT2D eigenvalue weighted by molar-refractivity contribution is 6.32. The van der Waals surface area contributed by atoms with Crippen molar-refractivity contribution in [3.05, 3.63) is 58.3 Å². The molecule has 156 valence electrons. The minimum Gasteiger partial charge on any atom is -0.491 e. The van der Waals surface area contributed by atoms with E-state index in [9.17, 15) is 9.18 Å². The van der Waals surface area contributed by atoms with E-state index in [4.69, 9.17) is 27.9 Å². The molecule has 5 nitrogen and oxygen atoms in total. The van der Waals surface area contributed by atoms with Crippen LogP contribution in [0.4, 0.5) is 10.1 Å². The molecule has 29 heavy (non-hydrogen) atoms. The van der Waals surface area contributed by atoms with Crippen LogP contribution in [0, 0.1) is 5.82 Å². The first kappa shape index (κ1) is 21.8. The number of amides is 1. The second-order valence-corrected chi connectivity index (χ2v) is 7.73. The Labute approximate surface area is 180 Å². The fourth-order valence-electron chi connectivity index (χ4n) is 3.15. The molecule has 0 saturated carbocycles. The van der Waals surface area contributed by atoms with Crippen LogP contribution in [-0.2, 0) is 4.79 Å². The Balaban J connectivity index is 1.32. The van der Waals surface area contributed by atoms with Gasteiger partial charge in [-0.15, -0.1) is 0 Å². The lowest BCUT2D eigenvalue weighted by atomic mass is 10.2. The number of halogens is 3. The molecule has 0 bridgehead atoms. The van der Waals surface area contributed by atoms with Gasteiger partial charge in [0.25, 0.3) is 0 Å². The molecular formula is C21H24Cl2FN3O2. The summed E-state index contributed by atoms with van der Waals surface area (Å²) >= 11 is 11.8. The zero-order valence-corrected chi connectivity index (χ0v) is 17.6. The highest BCUT2D eigenvalue weighted by Gasteiger charge is 2.18. The average molecular weight is 440 g/mol. The van der Waals surface area contributed by atoms with Gasteiger partial charge < -0.3 is 15.0 Å². The lowest BCUT2D eigenvalue weighted by molar-refractivity contribution is -0.116. The minimum absolute atomic E-state index is 0.155. The molecule has 0 aliphatic carbocycles. The minimum atomic E-state index is -0.529. The molecule has 1 fully saturated rings. The van der Waals surface area contributed by atoms with Gasteiger partial charge >= 0.3 is 0 Å². The molecule has 0 radical (unpaired) electrons. The molecule has 0 atom stereocenters. The number of hydrogen-bond donors (Lipinski definition) is 1. The molecule has 2 aromatic rings. The molecule has 1 aliphatic rings. The van der Waals surface area contributed by atoms with E-state index < -0.39 is 5.82 Å². The van der Waals surface area contributed by atoms with Crippen LogP contribution in [0.2, 0.25) is 10.0 Å². The maximum atomic E-state index is 13.7. The van der Waals surface area contributed by atoms with Gasteiger partial charge in [-0.3, -0.25) is 9.69 Å². The van der Waals surface area contributed by atoms with Gasteiger partial charge in [0, 0.05) is 50.7 Å². The van der Waals surface area contributed by atoms with Crippen molar-refractivity contribution in [1.82, 2.24) is 9.80 Å². The highest BCUT2D eigenvalue weighted by Crippen LogP contribution is 2.23. The zero-order chi connectivity index (χ0) is 20.6. The van der Waals surface area contributed by atoms with E-state index in [2.05, 4.69) is 15.1 Å². The molecule has 1 aliphatic heterocycles. The van der Waals surface area contributed by atoms with Crippen molar-refractivity contribution < 1.29 is 13.9 Å². The number of hydrogen-bond acceptors (Lipinski definition) is 4. The standard InChI is InChI=1S/C21H24Cl2FN3O2/c22-16-5-6-19(18(24)15-16)25-21(28)7-8-26-9-11-27(12-10-26)13-14-29-20-4-2-1-3-17(20)23/h1-6,15H,7-14H2,(H,25,28). The second-order valence-electron chi connectivity index (χ2n) is 6.88. The number of nitrogens with zero attached hydrogens (tertiary/aromatic N) is 2. The predicted octanol–water partition coefficient (Wildman–Crippen LogP) is 4.16. The Hall–Kier alpha value is -1.86. The van der Waals surface area contributed by atoms with Gasteiger partial charge in [0.15, 0.2) is 0 Å². The number of piperazine rings is 1. The largest absolute Gasteiger partial charge is 0.491 e. The molecule has 0 spiro atoms. The van der Waals surface area contributed by atoms with Crippen molar-refractivity contribution in [2.75, 3.05) is 51.2 Å². The third-order valence-electron chi connectivity index (χ3n) is 4.83. The molecule has 1 heterocycles. The summed E-state index contributed by atoms with van der Waals surface area (Å²) in [6.07, 6.45) is 0.317. The lowest BCUT2D eigenvalue weighted by Crippen LogP contribution is -2.48. The summed E-state index contributed by atoms with van der Waals surface area (Å²) in [7, 11) is 0. The smallest absolute Gasteiger partial charge is 0.225 e. The Morgan fingerprint density at radius 1 is 1.03 bits per heavy atom. The van der Waals surface area contributed by atoms with Gasteiger partial charge in [-0.25, -0.2) is 4.39 Å². The molecule has 8 heteroatoms. The first-order valence-corrected chi connectivity index (χ1v) is 10.3. The normalized spacial score (nSPS) is 15.3. The summed E-state index contributed by atoms with van der Waals surface area (Å²) in [5, 5.41) is 3.52. The highest BCUT2D eigenvalue weighted by atomic mass is 35.5. The Morgan fingerprint density at radius 2 is 1.72 bits per heavy atom. The van der Waals surface area contributed by atoms with Gasteiger partial charge in [-0.2, -0.15) is 0 Å². The number of nitrogens with one attached hydrogen (secondary N) is 1. The van der Waals surface area contributed by atoms with E-state index in [0.717, 1.165) is 32.7 Å². The molecule has 2 aromatic carbocycles. The molecule has 0 unspecified atom stereocenters. The van der Waals surface area contributed by atoms with Crippen LogP contribution >= 0.6 is 23.2 Å². The monoisotopic (exact) mass is 439 g/mol. The van der Waals surface area contributed by atoms with Crippen LogP contribution in [0.15, 0.2) is 42.5 Å². The Morgan fingerprint density at radius 3 is 2.41 bits per heavy atom. The maximum absolute atomic E-state index is 13.7. The van der Waals surface area contributed by atoms with Crippen molar-refractivity contribution in [3.63, 3.8) is 0 Å². The molecular weight excluding hydrogens is 416 g/mol. The van der Waals surface area contributed by atoms with Crippen LogP contribution in [0.3, 0.4) is 0 Å². The van der Waals surface area contributed by atoms with E-state index in [1.54, 1.807) is 6.07 Å². The quantitative estimate of drug-likeness (QED) is 0.670. The van der Waals surface area contributed by atoms with E-state index in [1.165, 1.54) is 12.1 Å². The van der Waals surface area contributed by atoms with E-state index in [-0.39, 0.29) is 11.6 Å². The van der Waals surface area contributed by atoms with Gasteiger partial charge in [0.2, 0.25) is 5.91 Å². The SMILES string of the molecule is O=C(CCN1CCN(CCOc2ccccc2Cl)CC1)Nc1ccc(Cl)cc1F. The van der Waals surface area contributed by atoms with Crippen LogP contribution in [0.25, 0.3) is 0 Å². The van der Waals surface area contributed by atoms with Crippen molar-refractivity contribution in [2.24, 2.45) is 0 Å². The first-order chi connectivity index (χ1) is 14.0. The number of para-hydroxylation sites is 1. The van der Waals surface area contributed by atoms with Crippen molar-refractivity contribution >= 4 is 34.8 Å². The third kappa shape index (κ3) is 6.85. The number of anilines is 1. The molecule has 1 N–H and O–H groups in total. The topological polar surface area (TPSA) is 44.8 Å². The number of carbonyl (C=O) groups is 1. The first-order valence-electron chi connectivity index (χ1n) is 9.58. The average Bonchev–Trinajstić information content (AvgIpc) is 2.71. The number of benzene rings is 2. The van der Waals surface area contributed by atoms with Gasteiger partial charge in [0.05, 0.1) is 10.7 Å². The second kappa shape index (κ2) is 10.8. The molecule has 0 aromatic heterocycles. The van der Waals surface area contributed by atoms with Crippen LogP contribution in [0.1, 0.15) is 6.42 Å². The third-order valence-corrected chi connectivity index (χ3v) is 5.37. The molecule has 1 amide bonds. The number of ether oxygens (including phenoxy) is 1. The summed E-state index contributed by atoms with van der Waals surface area (Å²) in [6, 6.07) is 11.7. The summed E-state index contributed by atoms with van der Waals surface area (Å²) in [6.45, 7) is 5.65. The summed E-state index contributed by atoms with van der Waals surface area (Å²) in [4.78, 5) is 16.7. The van der Waals surface area contributed by atoms with E-state index >= 15 is 0 Å². The van der Waals surface area contributed by atoms with Gasteiger partial charge in [-0.1, -0.05) is 35.3 Å². The Kier molecular flexibility index (Phi) is 8.12. The summed E-state index contributed by atoms with van der Waals surface area (Å²) < 4.78 is 19.5. The summed E-state index contributed by atoms with van der Waals surface area (Å²) in [5.41, 5.74) is 0.155. The van der Waals surface area contributed by atoms with Crippen molar-refractivity contribution in [2.45, 2.75) is 6.42 Å². The fourth-order valence-corrected chi connectivity index (χ4v) is 3.50. The number of rotatable bonds is 8. The predicted molar refractivity (Wildman–Crippen MR) is 114 cm³/mol. The van der Waals surface area contributed by atoms with Crippen molar-refractivity contribution in [1.29, 1.82) is 0 Å². The number of carbonyl (C=O) groups excluding carboxylic acids is 1. The zero-order valence-electron chi connectivity index (χ0n) is 16.0. The lowest BCUT2D eigenvalue weighted by Gasteiger charge is -2.34. The van der Waals surface area contributed by atoms with E-state index in [1.807, 2.05) is 24.3 Å². The van der Waals surface area contributed by atoms with Crippen LogP contribution < -0.4 is 10.1 Å². The molecule has 1 saturated heterocycles. The molecule has 3 rings (SSSR count). The summed E-state index contributed by atoms with van der Waals surface area (Å²) in [5.74, 6) is -0.0313. The van der Waals surface area contributed by atoms with E-state index in [0.29, 0.717) is 35.4 Å². The van der Waals surface area contributed by atoms with Crippen LogP contribution in [-0.4, -0.2) is 61.6 Å². The van der Waals surface area contributed by atoms with Crippen molar-refractivity contribution in [3.8, 4) is 5.75 Å². The van der Waals surface area contributed by atoms with Gasteiger partial charge in [-0.05, 0) is 30.3 Å². The fraction of sp³-hybridized carbons (Fsp3) is 0.381. The maximum Gasteiger partial charge on any atom is 0.225 e. The van der Waals surface area contributed by atoms with Crippen LogP contribution in [0.5, 0.6) is 5.75 Å². The van der Waals surface area contributed by atoms with Gasteiger partial charge in [0.1, 0.15) is 18.2 Å². The Bertz CT molecular complexity index is 829.